The highest BCUT2D eigenvalue weighted by atomic mass is 32.2. The Morgan fingerprint density at radius 1 is 0.867 bits per heavy atom. The first-order valence-electron chi connectivity index (χ1n) is 10.2. The summed E-state index contributed by atoms with van der Waals surface area (Å²) in [5.74, 6) is 0. The largest absolute Gasteiger partial charge is 0.378 e. The van der Waals surface area contributed by atoms with Gasteiger partial charge in [0, 0.05) is 26.0 Å². The number of sulfonamides is 1. The van der Waals surface area contributed by atoms with Crippen molar-refractivity contribution in [1.82, 2.24) is 4.83 Å². The summed E-state index contributed by atoms with van der Waals surface area (Å²) in [6, 6.07) is 13.9. The molecule has 8 heteroatoms. The summed E-state index contributed by atoms with van der Waals surface area (Å²) in [6.07, 6.45) is 8.20. The molecule has 2 rings (SSSR count). The van der Waals surface area contributed by atoms with Crippen LogP contribution in [0.2, 0.25) is 0 Å². The van der Waals surface area contributed by atoms with Gasteiger partial charge in [-0.15, -0.1) is 0 Å². The fraction of sp³-hybridized carbons (Fsp3) is 0.409. The van der Waals surface area contributed by atoms with E-state index in [-0.39, 0.29) is 4.90 Å². The molecule has 0 amide bonds. The highest BCUT2D eigenvalue weighted by Gasteiger charge is 2.12. The molecule has 0 atom stereocenters. The van der Waals surface area contributed by atoms with Crippen LogP contribution in [-0.2, 0) is 10.0 Å². The molecular weight excluding hydrogens is 398 g/mol. The number of azo groups is 1. The molecule has 0 bridgehead atoms. The van der Waals surface area contributed by atoms with E-state index in [1.54, 1.807) is 18.3 Å². The van der Waals surface area contributed by atoms with Crippen molar-refractivity contribution in [3.05, 3.63) is 48.5 Å². The molecule has 162 valence electrons. The Bertz CT molecular complexity index is 921. The molecule has 30 heavy (non-hydrogen) atoms. The van der Waals surface area contributed by atoms with E-state index in [0.29, 0.717) is 5.69 Å². The third-order valence-corrected chi connectivity index (χ3v) is 5.73. The van der Waals surface area contributed by atoms with Gasteiger partial charge in [0.05, 0.1) is 16.3 Å². The summed E-state index contributed by atoms with van der Waals surface area (Å²) >= 11 is 0. The van der Waals surface area contributed by atoms with Crippen LogP contribution in [0.1, 0.15) is 45.4 Å². The summed E-state index contributed by atoms with van der Waals surface area (Å²) in [4.78, 5) is 4.39. The van der Waals surface area contributed by atoms with Crippen LogP contribution in [0, 0.1) is 0 Å². The van der Waals surface area contributed by atoms with Gasteiger partial charge in [-0.05, 0) is 61.4 Å². The number of nitrogens with one attached hydrogen (secondary N) is 1. The maximum absolute atomic E-state index is 12.3. The topological polar surface area (TPSA) is 86.5 Å². The first-order valence-corrected chi connectivity index (χ1v) is 11.7. The van der Waals surface area contributed by atoms with Crippen LogP contribution in [0.25, 0.3) is 0 Å². The van der Waals surface area contributed by atoms with Crippen molar-refractivity contribution in [3.63, 3.8) is 0 Å². The molecule has 0 aliphatic carbocycles. The zero-order valence-electron chi connectivity index (χ0n) is 18.0. The van der Waals surface area contributed by atoms with Gasteiger partial charge in [-0.25, -0.2) is 4.83 Å². The number of hydrogen-bond donors (Lipinski definition) is 1. The number of benzene rings is 2. The van der Waals surface area contributed by atoms with Crippen molar-refractivity contribution < 1.29 is 8.42 Å². The Morgan fingerprint density at radius 3 is 2.00 bits per heavy atom. The lowest BCUT2D eigenvalue weighted by Gasteiger charge is -2.11. The molecule has 0 unspecified atom stereocenters. The Morgan fingerprint density at radius 2 is 1.43 bits per heavy atom. The smallest absolute Gasteiger partial charge is 0.276 e. The van der Waals surface area contributed by atoms with E-state index in [9.17, 15) is 8.42 Å². The van der Waals surface area contributed by atoms with E-state index >= 15 is 0 Å². The molecule has 0 aliphatic heterocycles. The molecule has 0 fully saturated rings. The van der Waals surface area contributed by atoms with Gasteiger partial charge in [-0.2, -0.15) is 23.7 Å². The summed E-state index contributed by atoms with van der Waals surface area (Å²) in [5.41, 5.74) is 2.37. The quantitative estimate of drug-likeness (QED) is 0.200. The van der Waals surface area contributed by atoms with Crippen LogP contribution in [-0.4, -0.2) is 28.7 Å². The fourth-order valence-corrected chi connectivity index (χ4v) is 3.50. The van der Waals surface area contributed by atoms with Crippen LogP contribution in [0.5, 0.6) is 0 Å². The maximum Gasteiger partial charge on any atom is 0.276 e. The van der Waals surface area contributed by atoms with E-state index < -0.39 is 10.0 Å². The second kappa shape index (κ2) is 12.1. The van der Waals surface area contributed by atoms with E-state index in [1.165, 1.54) is 31.4 Å². The van der Waals surface area contributed by atoms with Gasteiger partial charge in [0.15, 0.2) is 0 Å². The van der Waals surface area contributed by atoms with Gasteiger partial charge in [0.25, 0.3) is 10.0 Å². The van der Waals surface area contributed by atoms with Gasteiger partial charge >= 0.3 is 0 Å². The van der Waals surface area contributed by atoms with Gasteiger partial charge < -0.3 is 4.90 Å². The fourth-order valence-electron chi connectivity index (χ4n) is 2.69. The van der Waals surface area contributed by atoms with E-state index in [4.69, 9.17) is 0 Å². The maximum atomic E-state index is 12.3. The first kappa shape index (κ1) is 23.5. The molecule has 0 aliphatic rings. The van der Waals surface area contributed by atoms with Gasteiger partial charge in [-0.1, -0.05) is 32.6 Å². The molecule has 2 aromatic rings. The molecule has 2 aromatic carbocycles. The van der Waals surface area contributed by atoms with Crippen LogP contribution in [0.4, 0.5) is 17.1 Å². The first-order chi connectivity index (χ1) is 14.4. The van der Waals surface area contributed by atoms with Crippen LogP contribution < -0.4 is 9.73 Å². The summed E-state index contributed by atoms with van der Waals surface area (Å²) in [7, 11) is 0.263. The van der Waals surface area contributed by atoms with Crippen molar-refractivity contribution in [2.24, 2.45) is 15.3 Å². The van der Waals surface area contributed by atoms with Crippen molar-refractivity contribution in [3.8, 4) is 0 Å². The van der Waals surface area contributed by atoms with Crippen LogP contribution in [0.15, 0.2) is 68.8 Å². The van der Waals surface area contributed by atoms with Gasteiger partial charge in [-0.3, -0.25) is 0 Å². The molecule has 1 N–H and O–H groups in total. The van der Waals surface area contributed by atoms with E-state index in [0.717, 1.165) is 30.6 Å². The van der Waals surface area contributed by atoms with Gasteiger partial charge in [0.1, 0.15) is 0 Å². The normalized spacial score (nSPS) is 12.0. The highest BCUT2D eigenvalue weighted by Crippen LogP contribution is 2.22. The minimum absolute atomic E-state index is 0.136. The Balaban J connectivity index is 1.87. The number of anilines is 1. The standard InChI is InChI=1S/C22H31N5O2S/c1-4-5-6-7-8-9-18-23-26-30(28,29)22-16-12-20(13-17-22)25-24-19-10-14-21(15-11-19)27(2)3/h10-18,26H,4-9H2,1-3H3/b23-18+,25-24?. The molecule has 0 aromatic heterocycles. The minimum atomic E-state index is -3.68. The number of rotatable bonds is 12. The number of nitrogens with zero attached hydrogens (tertiary/aromatic N) is 4. The molecule has 0 spiro atoms. The Labute approximate surface area is 180 Å². The zero-order chi connectivity index (χ0) is 21.8. The number of hydrogen-bond acceptors (Lipinski definition) is 6. The van der Waals surface area contributed by atoms with Crippen molar-refractivity contribution in [2.75, 3.05) is 19.0 Å². The lowest BCUT2D eigenvalue weighted by atomic mass is 10.1. The summed E-state index contributed by atoms with van der Waals surface area (Å²) in [6.45, 7) is 2.18. The Hall–Kier alpha value is -2.74. The third kappa shape index (κ3) is 7.94. The van der Waals surface area contributed by atoms with Gasteiger partial charge in [0.2, 0.25) is 0 Å². The van der Waals surface area contributed by atoms with Crippen molar-refractivity contribution >= 4 is 33.3 Å². The second-order valence-corrected chi connectivity index (χ2v) is 8.87. The van der Waals surface area contributed by atoms with E-state index in [2.05, 4.69) is 27.1 Å². The van der Waals surface area contributed by atoms with E-state index in [1.807, 2.05) is 43.3 Å². The third-order valence-electron chi connectivity index (χ3n) is 4.50. The predicted octanol–water partition coefficient (Wildman–Crippen LogP) is 5.79. The monoisotopic (exact) mass is 429 g/mol. The lowest BCUT2D eigenvalue weighted by Crippen LogP contribution is -2.18. The predicted molar refractivity (Wildman–Crippen MR) is 124 cm³/mol. The number of unbranched alkanes of at least 4 members (excludes halogenated alkanes) is 5. The number of hydrazone groups is 1. The lowest BCUT2D eigenvalue weighted by molar-refractivity contribution is 0.584. The second-order valence-electron chi connectivity index (χ2n) is 7.21. The van der Waals surface area contributed by atoms with Crippen LogP contribution in [0.3, 0.4) is 0 Å². The molecule has 0 radical (unpaired) electrons. The molecule has 0 saturated carbocycles. The van der Waals surface area contributed by atoms with Crippen molar-refractivity contribution in [2.45, 2.75) is 50.3 Å². The molecule has 0 heterocycles. The minimum Gasteiger partial charge on any atom is -0.378 e. The molecule has 7 nitrogen and oxygen atoms in total. The SMILES string of the molecule is CCCCCCC/C=N/NS(=O)(=O)c1ccc(N=Nc2ccc(N(C)C)cc2)cc1. The molecular formula is C22H31N5O2S. The average Bonchev–Trinajstić information content (AvgIpc) is 2.74. The van der Waals surface area contributed by atoms with Crippen molar-refractivity contribution in [1.29, 1.82) is 0 Å². The Kier molecular flexibility index (Phi) is 9.47. The summed E-state index contributed by atoms with van der Waals surface area (Å²) in [5, 5.41) is 12.2. The van der Waals surface area contributed by atoms with Crippen LogP contribution >= 0.6 is 0 Å². The summed E-state index contributed by atoms with van der Waals surface area (Å²) < 4.78 is 24.6. The molecule has 0 saturated heterocycles. The highest BCUT2D eigenvalue weighted by molar-refractivity contribution is 7.89. The zero-order valence-corrected chi connectivity index (χ0v) is 18.8. The average molecular weight is 430 g/mol.